The molecule has 0 radical (unpaired) electrons. The molecule has 2 aromatic heterocycles. The lowest BCUT2D eigenvalue weighted by atomic mass is 10.1. The lowest BCUT2D eigenvalue weighted by Gasteiger charge is -2.31. The Morgan fingerprint density at radius 2 is 1.92 bits per heavy atom. The minimum Gasteiger partial charge on any atom is -0.429 e. The van der Waals surface area contributed by atoms with Gasteiger partial charge >= 0.3 is 6.61 Å². The molecule has 1 aliphatic heterocycles. The SMILES string of the molecule is CC1CCCC1n1c(=O)c(OC(F)F)cc2cnc(NC3CCN(Sc4cc(F)ccc4F)CC3)nc21. The van der Waals surface area contributed by atoms with Crippen LogP contribution in [0, 0.1) is 17.6 Å². The lowest BCUT2D eigenvalue weighted by Crippen LogP contribution is -2.36. The predicted octanol–water partition coefficient (Wildman–Crippen LogP) is 5.62. The zero-order valence-corrected chi connectivity index (χ0v) is 21.0. The van der Waals surface area contributed by atoms with Crippen LogP contribution in [0.15, 0.2) is 40.2 Å². The normalized spacial score (nSPS) is 21.1. The number of halogens is 4. The van der Waals surface area contributed by atoms with Crippen LogP contribution in [0.2, 0.25) is 0 Å². The van der Waals surface area contributed by atoms with E-state index in [4.69, 9.17) is 0 Å². The van der Waals surface area contributed by atoms with Crippen molar-refractivity contribution in [2.45, 2.75) is 62.6 Å². The minimum absolute atomic E-state index is 0.0404. The molecule has 1 aromatic carbocycles. The average molecular weight is 538 g/mol. The van der Waals surface area contributed by atoms with Crippen LogP contribution >= 0.6 is 11.9 Å². The van der Waals surface area contributed by atoms with Crippen molar-refractivity contribution in [3.05, 3.63) is 52.5 Å². The van der Waals surface area contributed by atoms with Crippen molar-refractivity contribution < 1.29 is 22.3 Å². The van der Waals surface area contributed by atoms with Gasteiger partial charge in [0.2, 0.25) is 5.95 Å². The number of fused-ring (bicyclic) bond motifs is 1. The van der Waals surface area contributed by atoms with E-state index in [-0.39, 0.29) is 22.9 Å². The predicted molar refractivity (Wildman–Crippen MR) is 133 cm³/mol. The quantitative estimate of drug-likeness (QED) is 0.310. The molecule has 0 spiro atoms. The van der Waals surface area contributed by atoms with Gasteiger partial charge in [0.25, 0.3) is 5.56 Å². The Morgan fingerprint density at radius 3 is 2.62 bits per heavy atom. The molecule has 3 aromatic rings. The number of anilines is 1. The van der Waals surface area contributed by atoms with Gasteiger partial charge in [0.15, 0.2) is 5.75 Å². The van der Waals surface area contributed by atoms with Crippen molar-refractivity contribution in [2.24, 2.45) is 5.92 Å². The summed E-state index contributed by atoms with van der Waals surface area (Å²) in [5.74, 6) is -0.811. The first-order valence-corrected chi connectivity index (χ1v) is 13.1. The van der Waals surface area contributed by atoms with E-state index in [9.17, 15) is 22.4 Å². The van der Waals surface area contributed by atoms with E-state index in [1.54, 1.807) is 0 Å². The second kappa shape index (κ2) is 10.9. The molecule has 0 bridgehead atoms. The molecule has 198 valence electrons. The molecular weight excluding hydrogens is 510 g/mol. The maximum absolute atomic E-state index is 14.0. The van der Waals surface area contributed by atoms with Gasteiger partial charge in [-0.15, -0.1) is 0 Å². The summed E-state index contributed by atoms with van der Waals surface area (Å²) >= 11 is 1.19. The number of piperidine rings is 1. The molecule has 2 aliphatic rings. The highest BCUT2D eigenvalue weighted by molar-refractivity contribution is 7.97. The summed E-state index contributed by atoms with van der Waals surface area (Å²) in [6.45, 7) is 0.218. The van der Waals surface area contributed by atoms with Crippen LogP contribution in [0.25, 0.3) is 11.0 Å². The summed E-state index contributed by atoms with van der Waals surface area (Å²) < 4.78 is 61.4. The maximum Gasteiger partial charge on any atom is 0.387 e. The Balaban J connectivity index is 1.34. The van der Waals surface area contributed by atoms with E-state index in [2.05, 4.69) is 20.0 Å². The van der Waals surface area contributed by atoms with E-state index >= 15 is 0 Å². The summed E-state index contributed by atoms with van der Waals surface area (Å²) in [7, 11) is 0. The number of nitrogens with one attached hydrogen (secondary N) is 1. The second-order valence-corrected chi connectivity index (χ2v) is 10.7. The maximum atomic E-state index is 14.0. The van der Waals surface area contributed by atoms with Gasteiger partial charge in [0.05, 0.1) is 4.90 Å². The van der Waals surface area contributed by atoms with Crippen molar-refractivity contribution in [1.29, 1.82) is 0 Å². The highest BCUT2D eigenvalue weighted by Crippen LogP contribution is 2.36. The third-order valence-corrected chi connectivity index (χ3v) is 8.14. The molecule has 0 amide bonds. The van der Waals surface area contributed by atoms with Crippen LogP contribution in [0.3, 0.4) is 0 Å². The van der Waals surface area contributed by atoms with Gasteiger partial charge in [-0.05, 0) is 67.8 Å². The molecular formula is C25H27F4N5O2S. The van der Waals surface area contributed by atoms with Gasteiger partial charge in [0.1, 0.15) is 17.3 Å². The summed E-state index contributed by atoms with van der Waals surface area (Å²) in [5.41, 5.74) is -0.233. The van der Waals surface area contributed by atoms with Gasteiger partial charge in [-0.2, -0.15) is 13.8 Å². The first-order chi connectivity index (χ1) is 17.8. The number of ether oxygens (including phenoxy) is 1. The number of pyridine rings is 1. The lowest BCUT2D eigenvalue weighted by molar-refractivity contribution is -0.0510. The van der Waals surface area contributed by atoms with Crippen LogP contribution in [-0.4, -0.2) is 44.6 Å². The van der Waals surface area contributed by atoms with Crippen molar-refractivity contribution in [1.82, 2.24) is 18.8 Å². The fourth-order valence-corrected chi connectivity index (χ4v) is 6.11. The summed E-state index contributed by atoms with van der Waals surface area (Å²) in [5, 5.41) is 3.76. The Bertz CT molecular complexity index is 1330. The topological polar surface area (TPSA) is 72.3 Å². The summed E-state index contributed by atoms with van der Waals surface area (Å²) in [6, 6.07) is 4.55. The number of hydrogen-bond donors (Lipinski definition) is 1. The van der Waals surface area contributed by atoms with Crippen molar-refractivity contribution in [3.63, 3.8) is 0 Å². The van der Waals surface area contributed by atoms with E-state index in [1.807, 2.05) is 11.2 Å². The smallest absolute Gasteiger partial charge is 0.387 e. The zero-order chi connectivity index (χ0) is 26.1. The van der Waals surface area contributed by atoms with Crippen LogP contribution in [0.1, 0.15) is 45.1 Å². The molecule has 5 rings (SSSR count). The third kappa shape index (κ3) is 5.69. The van der Waals surface area contributed by atoms with E-state index in [0.29, 0.717) is 30.1 Å². The number of hydrogen-bond acceptors (Lipinski definition) is 7. The highest BCUT2D eigenvalue weighted by atomic mass is 32.2. The van der Waals surface area contributed by atoms with Gasteiger partial charge in [-0.1, -0.05) is 13.3 Å². The molecule has 1 saturated carbocycles. The number of alkyl halides is 2. The summed E-state index contributed by atoms with van der Waals surface area (Å²) in [6.07, 6.45) is 5.58. The third-order valence-electron chi connectivity index (χ3n) is 7.01. The molecule has 12 heteroatoms. The van der Waals surface area contributed by atoms with E-state index in [1.165, 1.54) is 34.8 Å². The molecule has 1 aliphatic carbocycles. The largest absolute Gasteiger partial charge is 0.429 e. The van der Waals surface area contributed by atoms with Crippen molar-refractivity contribution in [3.8, 4) is 5.75 Å². The Hall–Kier alpha value is -2.86. The van der Waals surface area contributed by atoms with Gasteiger partial charge < -0.3 is 10.1 Å². The standard InChI is InChI=1S/C25H27F4N5O2S/c1-14-3-2-4-19(14)34-22-15(11-20(23(34)35)36-24(28)29)13-30-25(32-22)31-17-7-9-33(10-8-17)37-21-12-16(26)5-6-18(21)27/h5-6,11-14,17,19,24H,2-4,7-10H2,1H3,(H,30,31,32). The van der Waals surface area contributed by atoms with Gasteiger partial charge in [0, 0.05) is 36.8 Å². The molecule has 3 heterocycles. The molecule has 2 atom stereocenters. The molecule has 37 heavy (non-hydrogen) atoms. The Kier molecular flexibility index (Phi) is 7.57. The van der Waals surface area contributed by atoms with Crippen LogP contribution in [0.4, 0.5) is 23.5 Å². The van der Waals surface area contributed by atoms with Gasteiger partial charge in [-0.25, -0.2) is 18.1 Å². The number of nitrogens with zero attached hydrogens (tertiary/aromatic N) is 4. The van der Waals surface area contributed by atoms with E-state index < -0.39 is 29.6 Å². The van der Waals surface area contributed by atoms with Crippen molar-refractivity contribution >= 4 is 28.9 Å². The minimum atomic E-state index is -3.11. The van der Waals surface area contributed by atoms with Crippen LogP contribution in [-0.2, 0) is 0 Å². The monoisotopic (exact) mass is 537 g/mol. The van der Waals surface area contributed by atoms with Crippen LogP contribution < -0.4 is 15.6 Å². The van der Waals surface area contributed by atoms with E-state index in [0.717, 1.165) is 44.2 Å². The first-order valence-electron chi connectivity index (χ1n) is 12.3. The number of aromatic nitrogens is 3. The first kappa shape index (κ1) is 25.8. The van der Waals surface area contributed by atoms with Crippen molar-refractivity contribution in [2.75, 3.05) is 18.4 Å². The van der Waals surface area contributed by atoms with Gasteiger partial charge in [-0.3, -0.25) is 9.36 Å². The van der Waals surface area contributed by atoms with Crippen LogP contribution in [0.5, 0.6) is 5.75 Å². The second-order valence-electron chi connectivity index (χ2n) is 9.52. The fraction of sp³-hybridized carbons (Fsp3) is 0.480. The average Bonchev–Trinajstić information content (AvgIpc) is 3.28. The fourth-order valence-electron chi connectivity index (χ4n) is 5.12. The highest BCUT2D eigenvalue weighted by Gasteiger charge is 2.30. The zero-order valence-electron chi connectivity index (χ0n) is 20.2. The molecule has 7 nitrogen and oxygen atoms in total. The molecule has 1 N–H and O–H groups in total. The number of benzene rings is 1. The molecule has 2 fully saturated rings. The molecule has 1 saturated heterocycles. The summed E-state index contributed by atoms with van der Waals surface area (Å²) in [4.78, 5) is 22.4. The number of rotatable bonds is 7. The molecule has 2 unspecified atom stereocenters. The Morgan fingerprint density at radius 1 is 1.14 bits per heavy atom. The Labute approximate surface area is 215 Å².